The van der Waals surface area contributed by atoms with E-state index < -0.39 is 0 Å². The lowest BCUT2D eigenvalue weighted by molar-refractivity contribution is 0.0651. The maximum atomic E-state index is 12.2. The molecule has 86 valence electrons. The number of anilines is 1. The Hall–Kier alpha value is -1.51. The average molecular weight is 218 g/mol. The average Bonchev–Trinajstić information content (AvgIpc) is 2.18. The van der Waals surface area contributed by atoms with Crippen molar-refractivity contribution in [1.29, 1.82) is 0 Å². The molecule has 3 heteroatoms. The maximum absolute atomic E-state index is 12.2. The van der Waals surface area contributed by atoms with Gasteiger partial charge in [0.2, 0.25) is 0 Å². The molecule has 16 heavy (non-hydrogen) atoms. The van der Waals surface area contributed by atoms with Crippen LogP contribution >= 0.6 is 0 Å². The number of rotatable bonds is 2. The third-order valence-corrected chi connectivity index (χ3v) is 3.43. The summed E-state index contributed by atoms with van der Waals surface area (Å²) >= 11 is 0. The van der Waals surface area contributed by atoms with Crippen molar-refractivity contribution in [3.8, 4) is 0 Å². The van der Waals surface area contributed by atoms with E-state index in [1.807, 2.05) is 31.0 Å². The van der Waals surface area contributed by atoms with Crippen LogP contribution in [-0.4, -0.2) is 23.9 Å². The molecule has 0 radical (unpaired) electrons. The molecule has 0 saturated heterocycles. The Morgan fingerprint density at radius 1 is 1.44 bits per heavy atom. The highest BCUT2D eigenvalue weighted by Gasteiger charge is 2.26. The third-order valence-electron chi connectivity index (χ3n) is 3.43. The van der Waals surface area contributed by atoms with Gasteiger partial charge in [-0.3, -0.25) is 4.79 Å². The molecule has 0 heterocycles. The van der Waals surface area contributed by atoms with Crippen molar-refractivity contribution in [2.75, 3.05) is 12.8 Å². The fourth-order valence-corrected chi connectivity index (χ4v) is 2.00. The van der Waals surface area contributed by atoms with Crippen LogP contribution in [0.1, 0.15) is 35.2 Å². The number of carbonyl (C=O) groups excluding carboxylic acids is 1. The van der Waals surface area contributed by atoms with Crippen molar-refractivity contribution in [2.24, 2.45) is 0 Å². The summed E-state index contributed by atoms with van der Waals surface area (Å²) < 4.78 is 0. The Balaban J connectivity index is 2.22. The van der Waals surface area contributed by atoms with Gasteiger partial charge in [-0.2, -0.15) is 0 Å². The number of nitrogens with two attached hydrogens (primary N) is 1. The van der Waals surface area contributed by atoms with Gasteiger partial charge < -0.3 is 10.6 Å². The Kier molecular flexibility index (Phi) is 2.86. The Bertz CT molecular complexity index is 410. The predicted octanol–water partition coefficient (Wildman–Crippen LogP) is 2.20. The van der Waals surface area contributed by atoms with Gasteiger partial charge in [0, 0.05) is 24.3 Å². The normalized spacial score (nSPS) is 15.6. The second kappa shape index (κ2) is 4.16. The number of hydrogen-bond donors (Lipinski definition) is 1. The van der Waals surface area contributed by atoms with E-state index in [9.17, 15) is 4.79 Å². The molecular formula is C13H18N2O. The molecule has 0 atom stereocenters. The number of benzene rings is 1. The first kappa shape index (κ1) is 11.0. The molecule has 1 fully saturated rings. The molecule has 0 aromatic heterocycles. The number of aryl methyl sites for hydroxylation is 1. The van der Waals surface area contributed by atoms with Crippen LogP contribution in [-0.2, 0) is 0 Å². The van der Waals surface area contributed by atoms with Gasteiger partial charge in [-0.1, -0.05) is 6.07 Å². The molecule has 2 N–H and O–H groups in total. The quantitative estimate of drug-likeness (QED) is 0.773. The zero-order valence-corrected chi connectivity index (χ0v) is 9.86. The highest BCUT2D eigenvalue weighted by Crippen LogP contribution is 2.25. The van der Waals surface area contributed by atoms with E-state index in [4.69, 9.17) is 5.73 Å². The monoisotopic (exact) mass is 218 g/mol. The molecule has 1 amide bonds. The molecule has 1 aromatic carbocycles. The van der Waals surface area contributed by atoms with Crippen LogP contribution in [0.2, 0.25) is 0 Å². The van der Waals surface area contributed by atoms with Gasteiger partial charge in [-0.05, 0) is 43.9 Å². The Labute approximate surface area is 96.2 Å². The van der Waals surface area contributed by atoms with Crippen molar-refractivity contribution in [3.63, 3.8) is 0 Å². The first-order valence-electron chi connectivity index (χ1n) is 5.73. The van der Waals surface area contributed by atoms with Gasteiger partial charge in [0.15, 0.2) is 0 Å². The van der Waals surface area contributed by atoms with E-state index in [2.05, 4.69) is 0 Å². The largest absolute Gasteiger partial charge is 0.399 e. The van der Waals surface area contributed by atoms with E-state index in [0.717, 1.165) is 24.0 Å². The SMILES string of the molecule is Cc1ccc(N)cc1C(=O)N(C)C1CCC1. The summed E-state index contributed by atoms with van der Waals surface area (Å²) in [4.78, 5) is 14.1. The number of nitrogen functional groups attached to an aromatic ring is 1. The molecular weight excluding hydrogens is 200 g/mol. The highest BCUT2D eigenvalue weighted by molar-refractivity contribution is 5.96. The zero-order chi connectivity index (χ0) is 11.7. The second-order valence-electron chi connectivity index (χ2n) is 4.58. The second-order valence-corrected chi connectivity index (χ2v) is 4.58. The van der Waals surface area contributed by atoms with Crippen LogP contribution in [0.4, 0.5) is 5.69 Å². The zero-order valence-electron chi connectivity index (χ0n) is 9.86. The minimum absolute atomic E-state index is 0.0921. The van der Waals surface area contributed by atoms with E-state index in [-0.39, 0.29) is 5.91 Å². The van der Waals surface area contributed by atoms with Crippen molar-refractivity contribution in [2.45, 2.75) is 32.2 Å². The topological polar surface area (TPSA) is 46.3 Å². The van der Waals surface area contributed by atoms with E-state index >= 15 is 0 Å². The molecule has 3 nitrogen and oxygen atoms in total. The van der Waals surface area contributed by atoms with Gasteiger partial charge in [0.25, 0.3) is 5.91 Å². The summed E-state index contributed by atoms with van der Waals surface area (Å²) in [7, 11) is 1.88. The molecule has 1 aromatic rings. The van der Waals surface area contributed by atoms with E-state index in [1.165, 1.54) is 6.42 Å². The maximum Gasteiger partial charge on any atom is 0.254 e. The molecule has 0 aliphatic heterocycles. The van der Waals surface area contributed by atoms with Gasteiger partial charge in [0.1, 0.15) is 0 Å². The van der Waals surface area contributed by atoms with Crippen molar-refractivity contribution in [1.82, 2.24) is 4.90 Å². The fourth-order valence-electron chi connectivity index (χ4n) is 2.00. The number of hydrogen-bond acceptors (Lipinski definition) is 2. The first-order valence-corrected chi connectivity index (χ1v) is 5.73. The molecule has 0 bridgehead atoms. The minimum Gasteiger partial charge on any atom is -0.399 e. The van der Waals surface area contributed by atoms with Crippen molar-refractivity contribution in [3.05, 3.63) is 29.3 Å². The smallest absolute Gasteiger partial charge is 0.254 e. The summed E-state index contributed by atoms with van der Waals surface area (Å²) in [6.07, 6.45) is 3.49. The molecule has 0 spiro atoms. The van der Waals surface area contributed by atoms with Crippen LogP contribution in [0, 0.1) is 6.92 Å². The molecule has 2 rings (SSSR count). The summed E-state index contributed by atoms with van der Waals surface area (Å²) in [5.41, 5.74) is 8.09. The minimum atomic E-state index is 0.0921. The van der Waals surface area contributed by atoms with E-state index in [1.54, 1.807) is 6.07 Å². The van der Waals surface area contributed by atoms with Crippen LogP contribution in [0.5, 0.6) is 0 Å². The summed E-state index contributed by atoms with van der Waals surface area (Å²) in [5.74, 6) is 0.0921. The van der Waals surface area contributed by atoms with Crippen LogP contribution in [0.25, 0.3) is 0 Å². The lowest BCUT2D eigenvalue weighted by Gasteiger charge is -2.35. The van der Waals surface area contributed by atoms with Gasteiger partial charge in [0.05, 0.1) is 0 Å². The fraction of sp³-hybridized carbons (Fsp3) is 0.462. The van der Waals surface area contributed by atoms with E-state index in [0.29, 0.717) is 11.7 Å². The molecule has 1 saturated carbocycles. The van der Waals surface area contributed by atoms with Crippen LogP contribution in [0.3, 0.4) is 0 Å². The van der Waals surface area contributed by atoms with Gasteiger partial charge >= 0.3 is 0 Å². The first-order chi connectivity index (χ1) is 7.59. The van der Waals surface area contributed by atoms with Crippen molar-refractivity contribution < 1.29 is 4.79 Å². The highest BCUT2D eigenvalue weighted by atomic mass is 16.2. The number of carbonyl (C=O) groups is 1. The molecule has 1 aliphatic rings. The number of nitrogens with zero attached hydrogens (tertiary/aromatic N) is 1. The summed E-state index contributed by atoms with van der Waals surface area (Å²) in [5, 5.41) is 0. The predicted molar refractivity (Wildman–Crippen MR) is 65.3 cm³/mol. The Morgan fingerprint density at radius 3 is 2.69 bits per heavy atom. The number of amides is 1. The van der Waals surface area contributed by atoms with Crippen molar-refractivity contribution >= 4 is 11.6 Å². The van der Waals surface area contributed by atoms with Crippen LogP contribution in [0.15, 0.2) is 18.2 Å². The lowest BCUT2D eigenvalue weighted by atomic mass is 9.91. The lowest BCUT2D eigenvalue weighted by Crippen LogP contribution is -2.41. The third kappa shape index (κ3) is 1.90. The van der Waals surface area contributed by atoms with Gasteiger partial charge in [-0.25, -0.2) is 0 Å². The summed E-state index contributed by atoms with van der Waals surface area (Å²) in [6, 6.07) is 5.92. The Morgan fingerprint density at radius 2 is 2.12 bits per heavy atom. The standard InChI is InChI=1S/C13H18N2O/c1-9-6-7-10(14)8-12(9)13(16)15(2)11-4-3-5-11/h6-8,11H,3-5,14H2,1-2H3. The van der Waals surface area contributed by atoms with Crippen LogP contribution < -0.4 is 5.73 Å². The summed E-state index contributed by atoms with van der Waals surface area (Å²) in [6.45, 7) is 1.95. The molecule has 1 aliphatic carbocycles. The molecule has 0 unspecified atom stereocenters. The van der Waals surface area contributed by atoms with Gasteiger partial charge in [-0.15, -0.1) is 0 Å².